The number of hydrogen-bond acceptors (Lipinski definition) is 3. The van der Waals surface area contributed by atoms with Crippen LogP contribution >= 0.6 is 11.6 Å². The summed E-state index contributed by atoms with van der Waals surface area (Å²) in [5.41, 5.74) is 3.09. The molecule has 4 rings (SSSR count). The second-order valence-corrected chi connectivity index (χ2v) is 6.90. The van der Waals surface area contributed by atoms with Gasteiger partial charge in [-0.1, -0.05) is 29.8 Å². The molecule has 1 fully saturated rings. The van der Waals surface area contributed by atoms with Crippen molar-refractivity contribution in [1.29, 1.82) is 0 Å². The number of ether oxygens (including phenoxy) is 2. The fourth-order valence-electron chi connectivity index (χ4n) is 3.31. The number of nitrogens with zero attached hydrogens (tertiary/aromatic N) is 2. The van der Waals surface area contributed by atoms with Crippen LogP contribution < -0.4 is 4.74 Å². The minimum absolute atomic E-state index is 0.230. The van der Waals surface area contributed by atoms with E-state index in [4.69, 9.17) is 26.1 Å². The van der Waals surface area contributed by atoms with Gasteiger partial charge in [-0.15, -0.1) is 0 Å². The molecule has 1 aliphatic heterocycles. The van der Waals surface area contributed by atoms with Crippen molar-refractivity contribution >= 4 is 22.6 Å². The van der Waals surface area contributed by atoms with Gasteiger partial charge in [0, 0.05) is 11.6 Å². The Bertz CT molecular complexity index is 885. The van der Waals surface area contributed by atoms with Gasteiger partial charge in [-0.05, 0) is 49.6 Å². The highest BCUT2D eigenvalue weighted by atomic mass is 35.5. The monoisotopic (exact) mass is 356 g/mol. The highest BCUT2D eigenvalue weighted by Gasteiger charge is 2.20. The normalized spacial score (nSPS) is 17.3. The second kappa shape index (κ2) is 7.06. The van der Waals surface area contributed by atoms with Crippen LogP contribution in [0.15, 0.2) is 42.5 Å². The van der Waals surface area contributed by atoms with Gasteiger partial charge in [-0.3, -0.25) is 0 Å². The van der Waals surface area contributed by atoms with E-state index in [2.05, 4.69) is 4.57 Å². The lowest BCUT2D eigenvalue weighted by molar-refractivity contribution is 0.0962. The van der Waals surface area contributed by atoms with Crippen molar-refractivity contribution in [1.82, 2.24) is 9.55 Å². The van der Waals surface area contributed by atoms with Crippen molar-refractivity contribution in [3.8, 4) is 5.75 Å². The number of para-hydroxylation sites is 1. The predicted molar refractivity (Wildman–Crippen MR) is 99.2 cm³/mol. The molecule has 0 saturated carbocycles. The topological polar surface area (TPSA) is 36.3 Å². The summed E-state index contributed by atoms with van der Waals surface area (Å²) < 4.78 is 14.0. The van der Waals surface area contributed by atoms with Gasteiger partial charge in [0.1, 0.15) is 18.2 Å². The van der Waals surface area contributed by atoms with Crippen LogP contribution in [0.3, 0.4) is 0 Å². The summed E-state index contributed by atoms with van der Waals surface area (Å²) in [6.07, 6.45) is 2.43. The molecule has 0 spiro atoms. The first-order valence-electron chi connectivity index (χ1n) is 8.65. The average molecular weight is 357 g/mol. The van der Waals surface area contributed by atoms with Gasteiger partial charge < -0.3 is 14.0 Å². The lowest BCUT2D eigenvalue weighted by atomic mass is 10.2. The summed E-state index contributed by atoms with van der Waals surface area (Å²) in [5.74, 6) is 1.78. The van der Waals surface area contributed by atoms with Crippen molar-refractivity contribution < 1.29 is 9.47 Å². The van der Waals surface area contributed by atoms with Crippen LogP contribution in [-0.2, 0) is 17.9 Å². The Labute approximate surface area is 152 Å². The van der Waals surface area contributed by atoms with Crippen LogP contribution in [-0.4, -0.2) is 22.3 Å². The zero-order chi connectivity index (χ0) is 17.2. The Hall–Kier alpha value is -2.04. The third-order valence-electron chi connectivity index (χ3n) is 4.65. The molecule has 1 aromatic heterocycles. The summed E-state index contributed by atoms with van der Waals surface area (Å²) in [6.45, 7) is 4.09. The highest BCUT2D eigenvalue weighted by Crippen LogP contribution is 2.25. The SMILES string of the molecule is Cc1ccccc1OCc1nc2ccc(Cl)cc2n1CC1CCCO1. The van der Waals surface area contributed by atoms with Gasteiger partial charge >= 0.3 is 0 Å². The molecule has 25 heavy (non-hydrogen) atoms. The first-order chi connectivity index (χ1) is 12.2. The van der Waals surface area contributed by atoms with Crippen molar-refractivity contribution in [3.63, 3.8) is 0 Å². The van der Waals surface area contributed by atoms with Crippen LogP contribution in [0.2, 0.25) is 5.02 Å². The standard InChI is InChI=1S/C20H21ClN2O2/c1-14-5-2-3-7-19(14)25-13-20-22-17-9-8-15(21)11-18(17)23(20)12-16-6-4-10-24-16/h2-3,5,7-9,11,16H,4,6,10,12-13H2,1H3. The third-order valence-corrected chi connectivity index (χ3v) is 4.88. The third kappa shape index (κ3) is 3.51. The number of imidazole rings is 1. The number of hydrogen-bond donors (Lipinski definition) is 0. The molecular formula is C20H21ClN2O2. The summed E-state index contributed by atoms with van der Waals surface area (Å²) in [4.78, 5) is 4.76. The summed E-state index contributed by atoms with van der Waals surface area (Å²) in [7, 11) is 0. The summed E-state index contributed by atoms with van der Waals surface area (Å²) in [5, 5.41) is 0.715. The van der Waals surface area contributed by atoms with Crippen LogP contribution in [0, 0.1) is 6.92 Å². The minimum Gasteiger partial charge on any atom is -0.485 e. The van der Waals surface area contributed by atoms with Gasteiger partial charge in [0.25, 0.3) is 0 Å². The maximum atomic E-state index is 6.21. The van der Waals surface area contributed by atoms with E-state index < -0.39 is 0 Å². The quantitative estimate of drug-likeness (QED) is 0.661. The molecule has 0 bridgehead atoms. The van der Waals surface area contributed by atoms with E-state index in [0.717, 1.165) is 54.2 Å². The van der Waals surface area contributed by atoms with Gasteiger partial charge in [-0.2, -0.15) is 0 Å². The Balaban J connectivity index is 1.65. The molecular weight excluding hydrogens is 336 g/mol. The molecule has 3 aromatic rings. The van der Waals surface area contributed by atoms with E-state index in [9.17, 15) is 0 Å². The predicted octanol–water partition coefficient (Wildman–Crippen LogP) is 4.76. The van der Waals surface area contributed by atoms with E-state index >= 15 is 0 Å². The van der Waals surface area contributed by atoms with Crippen LogP contribution in [0.5, 0.6) is 5.75 Å². The number of benzene rings is 2. The largest absolute Gasteiger partial charge is 0.485 e. The molecule has 1 unspecified atom stereocenters. The Kier molecular flexibility index (Phi) is 4.64. The molecule has 0 N–H and O–H groups in total. The molecule has 0 aliphatic carbocycles. The summed E-state index contributed by atoms with van der Waals surface area (Å²) >= 11 is 6.21. The number of fused-ring (bicyclic) bond motifs is 1. The zero-order valence-corrected chi connectivity index (χ0v) is 15.0. The van der Waals surface area contributed by atoms with Crippen molar-refractivity contribution in [3.05, 3.63) is 58.9 Å². The number of rotatable bonds is 5. The maximum Gasteiger partial charge on any atom is 0.148 e. The van der Waals surface area contributed by atoms with Crippen LogP contribution in [0.1, 0.15) is 24.2 Å². The Morgan fingerprint density at radius 2 is 2.16 bits per heavy atom. The zero-order valence-electron chi connectivity index (χ0n) is 14.2. The molecule has 1 saturated heterocycles. The number of aryl methyl sites for hydroxylation is 1. The molecule has 1 aliphatic rings. The molecule has 0 radical (unpaired) electrons. The summed E-state index contributed by atoms with van der Waals surface area (Å²) in [6, 6.07) is 13.8. The van der Waals surface area contributed by atoms with E-state index in [-0.39, 0.29) is 6.10 Å². The minimum atomic E-state index is 0.230. The second-order valence-electron chi connectivity index (χ2n) is 6.46. The van der Waals surface area contributed by atoms with E-state index in [1.165, 1.54) is 0 Å². The van der Waals surface area contributed by atoms with E-state index in [0.29, 0.717) is 11.6 Å². The molecule has 2 aromatic carbocycles. The number of halogens is 1. The van der Waals surface area contributed by atoms with Crippen LogP contribution in [0.25, 0.3) is 11.0 Å². The first kappa shape index (κ1) is 16.4. The Morgan fingerprint density at radius 3 is 2.96 bits per heavy atom. The van der Waals surface area contributed by atoms with Gasteiger partial charge in [0.05, 0.1) is 23.7 Å². The Morgan fingerprint density at radius 1 is 1.28 bits per heavy atom. The molecule has 5 heteroatoms. The van der Waals surface area contributed by atoms with Crippen LogP contribution in [0.4, 0.5) is 0 Å². The smallest absolute Gasteiger partial charge is 0.148 e. The molecule has 130 valence electrons. The van der Waals surface area contributed by atoms with Gasteiger partial charge in [-0.25, -0.2) is 4.98 Å². The average Bonchev–Trinajstić information content (AvgIpc) is 3.23. The highest BCUT2D eigenvalue weighted by molar-refractivity contribution is 6.31. The van der Waals surface area contributed by atoms with E-state index in [1.54, 1.807) is 0 Å². The fraction of sp³-hybridized carbons (Fsp3) is 0.350. The lowest BCUT2D eigenvalue weighted by Gasteiger charge is -2.15. The van der Waals surface area contributed by atoms with Crippen molar-refractivity contribution in [2.24, 2.45) is 0 Å². The molecule has 1 atom stereocenters. The van der Waals surface area contributed by atoms with Crippen molar-refractivity contribution in [2.45, 2.75) is 39.0 Å². The first-order valence-corrected chi connectivity index (χ1v) is 9.03. The molecule has 0 amide bonds. The van der Waals surface area contributed by atoms with Gasteiger partial charge in [0.15, 0.2) is 0 Å². The number of aromatic nitrogens is 2. The van der Waals surface area contributed by atoms with Gasteiger partial charge in [0.2, 0.25) is 0 Å². The maximum absolute atomic E-state index is 6.21. The molecule has 4 nitrogen and oxygen atoms in total. The fourth-order valence-corrected chi connectivity index (χ4v) is 3.48. The van der Waals surface area contributed by atoms with E-state index in [1.807, 2.05) is 49.4 Å². The lowest BCUT2D eigenvalue weighted by Crippen LogP contribution is -2.18. The molecule has 2 heterocycles. The van der Waals surface area contributed by atoms with Crippen molar-refractivity contribution in [2.75, 3.05) is 6.61 Å².